The van der Waals surface area contributed by atoms with Crippen molar-refractivity contribution in [3.05, 3.63) is 29.8 Å². The number of anilines is 1. The molecule has 0 unspecified atom stereocenters. The number of ether oxygens (including phenoxy) is 1. The normalized spacial score (nSPS) is 11.6. The van der Waals surface area contributed by atoms with Crippen LogP contribution in [0.1, 0.15) is 45.6 Å². The van der Waals surface area contributed by atoms with E-state index in [9.17, 15) is 0 Å². The molecule has 0 aliphatic heterocycles. The zero-order chi connectivity index (χ0) is 15.7. The van der Waals surface area contributed by atoms with Crippen LogP contribution in [0.25, 0.3) is 0 Å². The van der Waals surface area contributed by atoms with Crippen LogP contribution in [0.2, 0.25) is 0 Å². The molecule has 0 spiro atoms. The number of rotatable bonds is 8. The highest BCUT2D eigenvalue weighted by atomic mass is 127. The van der Waals surface area contributed by atoms with Crippen LogP contribution >= 0.6 is 24.0 Å². The van der Waals surface area contributed by atoms with Gasteiger partial charge in [0.2, 0.25) is 0 Å². The molecule has 5 heteroatoms. The minimum Gasteiger partial charge on any atom is -0.380 e. The zero-order valence-corrected chi connectivity index (χ0v) is 16.5. The molecule has 0 fully saturated rings. The largest absolute Gasteiger partial charge is 0.380 e. The highest BCUT2D eigenvalue weighted by Gasteiger charge is 2.01. The number of halogens is 1. The monoisotopic (exact) mass is 419 g/mol. The molecule has 0 aliphatic rings. The van der Waals surface area contributed by atoms with Gasteiger partial charge in [-0.3, -0.25) is 4.99 Å². The SMILES string of the molecule is CC(C)CCOCCN=C(N)Nc1cccc(C(C)C)c1.I. The number of benzene rings is 1. The first kappa shape index (κ1) is 21.2. The van der Waals surface area contributed by atoms with Crippen molar-refractivity contribution in [2.24, 2.45) is 16.6 Å². The average Bonchev–Trinajstić information content (AvgIpc) is 2.42. The maximum Gasteiger partial charge on any atom is 0.193 e. The second-order valence-corrected chi connectivity index (χ2v) is 5.97. The fraction of sp³-hybridized carbons (Fsp3) is 0.588. The summed E-state index contributed by atoms with van der Waals surface area (Å²) in [6.45, 7) is 10.7. The number of hydrogen-bond acceptors (Lipinski definition) is 2. The molecule has 1 rings (SSSR count). The van der Waals surface area contributed by atoms with Gasteiger partial charge in [-0.05, 0) is 36.0 Å². The van der Waals surface area contributed by atoms with E-state index in [4.69, 9.17) is 10.5 Å². The molecule has 0 aliphatic carbocycles. The second-order valence-electron chi connectivity index (χ2n) is 5.97. The van der Waals surface area contributed by atoms with Crippen molar-refractivity contribution < 1.29 is 4.74 Å². The average molecular weight is 419 g/mol. The number of guanidine groups is 1. The molecule has 0 radical (unpaired) electrons. The van der Waals surface area contributed by atoms with Crippen molar-refractivity contribution in [3.63, 3.8) is 0 Å². The third-order valence-corrected chi connectivity index (χ3v) is 3.18. The van der Waals surface area contributed by atoms with Crippen LogP contribution in [0.3, 0.4) is 0 Å². The van der Waals surface area contributed by atoms with E-state index < -0.39 is 0 Å². The van der Waals surface area contributed by atoms with Crippen molar-refractivity contribution in [3.8, 4) is 0 Å². The van der Waals surface area contributed by atoms with Crippen LogP contribution in [-0.4, -0.2) is 25.7 Å². The molecule has 126 valence electrons. The van der Waals surface area contributed by atoms with E-state index in [1.54, 1.807) is 0 Å². The van der Waals surface area contributed by atoms with E-state index in [-0.39, 0.29) is 24.0 Å². The highest BCUT2D eigenvalue weighted by molar-refractivity contribution is 14.0. The molecular formula is C17H30IN3O. The Morgan fingerprint density at radius 1 is 1.23 bits per heavy atom. The van der Waals surface area contributed by atoms with Gasteiger partial charge < -0.3 is 15.8 Å². The van der Waals surface area contributed by atoms with Crippen LogP contribution in [0.5, 0.6) is 0 Å². The molecule has 4 nitrogen and oxygen atoms in total. The topological polar surface area (TPSA) is 59.6 Å². The van der Waals surface area contributed by atoms with Gasteiger partial charge in [0.05, 0.1) is 13.2 Å². The summed E-state index contributed by atoms with van der Waals surface area (Å²) in [7, 11) is 0. The van der Waals surface area contributed by atoms with E-state index in [1.165, 1.54) is 5.56 Å². The quantitative estimate of drug-likeness (QED) is 0.287. The lowest BCUT2D eigenvalue weighted by Crippen LogP contribution is -2.23. The molecule has 1 aromatic carbocycles. The molecule has 1 aromatic rings. The molecule has 0 aromatic heterocycles. The number of nitrogens with one attached hydrogen (secondary N) is 1. The Hall–Kier alpha value is -0.820. The van der Waals surface area contributed by atoms with Crippen molar-refractivity contribution in [1.82, 2.24) is 0 Å². The summed E-state index contributed by atoms with van der Waals surface area (Å²) < 4.78 is 5.51. The van der Waals surface area contributed by atoms with Gasteiger partial charge >= 0.3 is 0 Å². The van der Waals surface area contributed by atoms with Crippen LogP contribution in [0.15, 0.2) is 29.3 Å². The van der Waals surface area contributed by atoms with E-state index >= 15 is 0 Å². The van der Waals surface area contributed by atoms with Gasteiger partial charge in [-0.2, -0.15) is 0 Å². The smallest absolute Gasteiger partial charge is 0.193 e. The molecule has 0 amide bonds. The lowest BCUT2D eigenvalue weighted by molar-refractivity contribution is 0.131. The molecule has 0 saturated heterocycles. The van der Waals surface area contributed by atoms with Crippen LogP contribution in [0, 0.1) is 5.92 Å². The summed E-state index contributed by atoms with van der Waals surface area (Å²) in [6.07, 6.45) is 1.08. The first-order valence-corrected chi connectivity index (χ1v) is 7.73. The number of nitrogens with two attached hydrogens (primary N) is 1. The zero-order valence-electron chi connectivity index (χ0n) is 14.1. The van der Waals surface area contributed by atoms with Crippen LogP contribution in [0.4, 0.5) is 5.69 Å². The van der Waals surface area contributed by atoms with Gasteiger partial charge in [-0.25, -0.2) is 0 Å². The summed E-state index contributed by atoms with van der Waals surface area (Å²) >= 11 is 0. The minimum absolute atomic E-state index is 0. The summed E-state index contributed by atoms with van der Waals surface area (Å²) in [5.41, 5.74) is 8.14. The Morgan fingerprint density at radius 3 is 2.59 bits per heavy atom. The fourth-order valence-corrected chi connectivity index (χ4v) is 1.81. The maximum atomic E-state index is 5.88. The molecule has 3 N–H and O–H groups in total. The Kier molecular flexibility index (Phi) is 11.3. The molecule has 0 heterocycles. The van der Waals surface area contributed by atoms with Crippen molar-refractivity contribution in [2.45, 2.75) is 40.0 Å². The summed E-state index contributed by atoms with van der Waals surface area (Å²) in [5.74, 6) is 1.61. The van der Waals surface area contributed by atoms with Gasteiger partial charge in [0, 0.05) is 12.3 Å². The van der Waals surface area contributed by atoms with Gasteiger partial charge in [-0.15, -0.1) is 24.0 Å². The van der Waals surface area contributed by atoms with Gasteiger partial charge in [-0.1, -0.05) is 39.8 Å². The van der Waals surface area contributed by atoms with Crippen molar-refractivity contribution in [1.29, 1.82) is 0 Å². The molecule has 0 saturated carbocycles. The minimum atomic E-state index is 0. The summed E-state index contributed by atoms with van der Waals surface area (Å²) in [6, 6.07) is 8.24. The number of hydrogen-bond donors (Lipinski definition) is 2. The van der Waals surface area contributed by atoms with Crippen molar-refractivity contribution >= 4 is 35.6 Å². The van der Waals surface area contributed by atoms with E-state index in [0.29, 0.717) is 30.9 Å². The van der Waals surface area contributed by atoms with Gasteiger partial charge in [0.25, 0.3) is 0 Å². The Labute approximate surface area is 151 Å². The van der Waals surface area contributed by atoms with E-state index in [2.05, 4.69) is 50.1 Å². The summed E-state index contributed by atoms with van der Waals surface area (Å²) in [4.78, 5) is 4.27. The van der Waals surface area contributed by atoms with Crippen LogP contribution in [-0.2, 0) is 4.74 Å². The second kappa shape index (κ2) is 11.7. The van der Waals surface area contributed by atoms with E-state index in [0.717, 1.165) is 18.7 Å². The highest BCUT2D eigenvalue weighted by Crippen LogP contribution is 2.18. The lowest BCUT2D eigenvalue weighted by atomic mass is 10.0. The Balaban J connectivity index is 0.00000441. The van der Waals surface area contributed by atoms with E-state index in [1.807, 2.05) is 12.1 Å². The van der Waals surface area contributed by atoms with Gasteiger partial charge in [0.1, 0.15) is 0 Å². The number of aliphatic imine (C=N–C) groups is 1. The standard InChI is InChI=1S/C17H29N3O.HI/c1-13(2)8-10-21-11-9-19-17(18)20-16-7-5-6-15(12-16)14(3)4;/h5-7,12-14H,8-11H2,1-4H3,(H3,18,19,20);1H. The maximum absolute atomic E-state index is 5.88. The predicted octanol–water partition coefficient (Wildman–Crippen LogP) is 4.22. The lowest BCUT2D eigenvalue weighted by Gasteiger charge is -2.10. The molecule has 0 bridgehead atoms. The van der Waals surface area contributed by atoms with Gasteiger partial charge in [0.15, 0.2) is 5.96 Å². The first-order chi connectivity index (χ1) is 9.99. The Morgan fingerprint density at radius 2 is 1.95 bits per heavy atom. The first-order valence-electron chi connectivity index (χ1n) is 7.73. The fourth-order valence-electron chi connectivity index (χ4n) is 1.81. The third-order valence-electron chi connectivity index (χ3n) is 3.18. The third kappa shape index (κ3) is 9.25. The summed E-state index contributed by atoms with van der Waals surface area (Å²) in [5, 5.41) is 3.12. The molecule has 0 atom stereocenters. The number of nitrogens with zero attached hydrogens (tertiary/aromatic N) is 1. The van der Waals surface area contributed by atoms with Crippen molar-refractivity contribution in [2.75, 3.05) is 25.1 Å². The molecule has 22 heavy (non-hydrogen) atoms. The van der Waals surface area contributed by atoms with Crippen LogP contribution < -0.4 is 11.1 Å². The Bertz CT molecular complexity index is 447. The predicted molar refractivity (Wildman–Crippen MR) is 106 cm³/mol. The molecular weight excluding hydrogens is 389 g/mol.